The molecule has 0 aromatic carbocycles. The lowest BCUT2D eigenvalue weighted by atomic mass is 10.3. The lowest BCUT2D eigenvalue weighted by Gasteiger charge is -2.00. The number of nitrogens with one attached hydrogen (secondary N) is 1. The number of hydrogen-bond acceptors (Lipinski definition) is 6. The van der Waals surface area contributed by atoms with E-state index in [0.717, 1.165) is 0 Å². The number of nitrogens with zero attached hydrogens (tertiary/aromatic N) is 2. The van der Waals surface area contributed by atoms with Crippen LogP contribution in [0.1, 0.15) is 28.0 Å². The second-order valence-electron chi connectivity index (χ2n) is 3.71. The molecular formula is C11H14N4O3. The van der Waals surface area contributed by atoms with Gasteiger partial charge in [0.2, 0.25) is 5.89 Å². The van der Waals surface area contributed by atoms with Crippen molar-refractivity contribution >= 4 is 5.91 Å². The molecule has 0 aliphatic heterocycles. The largest absolute Gasteiger partial charge is 0.455 e. The van der Waals surface area contributed by atoms with E-state index in [9.17, 15) is 4.79 Å². The third kappa shape index (κ3) is 2.95. The van der Waals surface area contributed by atoms with Crippen LogP contribution >= 0.6 is 0 Å². The number of carbonyl (C=O) groups is 1. The third-order valence-electron chi connectivity index (χ3n) is 2.28. The molecule has 0 fully saturated rings. The number of amides is 1. The van der Waals surface area contributed by atoms with Crippen molar-refractivity contribution in [1.82, 2.24) is 15.5 Å². The smallest absolute Gasteiger partial charge is 0.287 e. The van der Waals surface area contributed by atoms with Gasteiger partial charge in [-0.15, -0.1) is 0 Å². The minimum Gasteiger partial charge on any atom is -0.455 e. The van der Waals surface area contributed by atoms with E-state index in [-0.39, 0.29) is 18.2 Å². The van der Waals surface area contributed by atoms with Crippen molar-refractivity contribution in [3.05, 3.63) is 35.4 Å². The molecule has 1 amide bonds. The summed E-state index contributed by atoms with van der Waals surface area (Å²) in [5.41, 5.74) is 5.39. The summed E-state index contributed by atoms with van der Waals surface area (Å²) in [6, 6.07) is 3.27. The maximum Gasteiger partial charge on any atom is 0.287 e. The Balaban J connectivity index is 1.81. The fourth-order valence-corrected chi connectivity index (χ4v) is 1.42. The van der Waals surface area contributed by atoms with Crippen molar-refractivity contribution in [2.24, 2.45) is 5.73 Å². The molecule has 0 radical (unpaired) electrons. The first-order valence-corrected chi connectivity index (χ1v) is 5.55. The lowest BCUT2D eigenvalue weighted by molar-refractivity contribution is 0.0924. The lowest BCUT2D eigenvalue weighted by Crippen LogP contribution is -2.25. The van der Waals surface area contributed by atoms with Gasteiger partial charge in [-0.3, -0.25) is 4.79 Å². The molecule has 0 saturated carbocycles. The van der Waals surface area contributed by atoms with Crippen LogP contribution in [0.2, 0.25) is 0 Å². The predicted molar refractivity (Wildman–Crippen MR) is 61.7 cm³/mol. The van der Waals surface area contributed by atoms with E-state index in [4.69, 9.17) is 14.7 Å². The number of aromatic nitrogens is 2. The van der Waals surface area contributed by atoms with E-state index >= 15 is 0 Å². The van der Waals surface area contributed by atoms with Crippen molar-refractivity contribution in [3.63, 3.8) is 0 Å². The third-order valence-corrected chi connectivity index (χ3v) is 2.28. The Hall–Kier alpha value is -2.15. The van der Waals surface area contributed by atoms with Crippen molar-refractivity contribution < 1.29 is 13.7 Å². The van der Waals surface area contributed by atoms with Gasteiger partial charge in [0.05, 0.1) is 6.54 Å². The van der Waals surface area contributed by atoms with Crippen LogP contribution in [0.15, 0.2) is 21.1 Å². The van der Waals surface area contributed by atoms with Crippen LogP contribution < -0.4 is 11.1 Å². The van der Waals surface area contributed by atoms with Crippen LogP contribution in [0.4, 0.5) is 0 Å². The van der Waals surface area contributed by atoms with Gasteiger partial charge in [0.25, 0.3) is 5.91 Å². The molecule has 0 saturated heterocycles. The van der Waals surface area contributed by atoms with Gasteiger partial charge in [0.1, 0.15) is 5.76 Å². The molecular weight excluding hydrogens is 236 g/mol. The van der Waals surface area contributed by atoms with E-state index in [2.05, 4.69) is 15.5 Å². The fourth-order valence-electron chi connectivity index (χ4n) is 1.42. The zero-order valence-corrected chi connectivity index (χ0v) is 9.97. The standard InChI is InChI=1S/C11H14N4O3/c1-7-14-10(18-15-7)4-5-13-11(16)9-3-2-8(6-12)17-9/h2-3H,4-6,12H2,1H3,(H,13,16). The van der Waals surface area contributed by atoms with Crippen molar-refractivity contribution in [2.45, 2.75) is 19.9 Å². The summed E-state index contributed by atoms with van der Waals surface area (Å²) < 4.78 is 10.1. The van der Waals surface area contributed by atoms with Crippen LogP contribution in [0.25, 0.3) is 0 Å². The highest BCUT2D eigenvalue weighted by atomic mass is 16.5. The minimum atomic E-state index is -0.286. The molecule has 7 heteroatoms. The van der Waals surface area contributed by atoms with E-state index in [1.165, 1.54) is 0 Å². The zero-order valence-electron chi connectivity index (χ0n) is 9.97. The molecule has 96 valence electrons. The Kier molecular flexibility index (Phi) is 3.73. The van der Waals surface area contributed by atoms with E-state index in [0.29, 0.717) is 30.4 Å². The summed E-state index contributed by atoms with van der Waals surface area (Å²) in [6.45, 7) is 2.41. The van der Waals surface area contributed by atoms with Crippen molar-refractivity contribution in [2.75, 3.05) is 6.54 Å². The fraction of sp³-hybridized carbons (Fsp3) is 0.364. The molecule has 0 spiro atoms. The van der Waals surface area contributed by atoms with Crippen LogP contribution in [-0.4, -0.2) is 22.6 Å². The van der Waals surface area contributed by atoms with Gasteiger partial charge in [-0.1, -0.05) is 5.16 Å². The highest BCUT2D eigenvalue weighted by molar-refractivity contribution is 5.91. The SMILES string of the molecule is Cc1noc(CCNC(=O)c2ccc(CN)o2)n1. The molecule has 18 heavy (non-hydrogen) atoms. The minimum absolute atomic E-state index is 0.247. The molecule has 0 aliphatic rings. The number of nitrogens with two attached hydrogens (primary N) is 1. The second kappa shape index (κ2) is 5.46. The molecule has 7 nitrogen and oxygen atoms in total. The summed E-state index contributed by atoms with van der Waals surface area (Å²) >= 11 is 0. The van der Waals surface area contributed by atoms with Gasteiger partial charge in [-0.2, -0.15) is 4.98 Å². The topological polar surface area (TPSA) is 107 Å². The number of aryl methyl sites for hydroxylation is 1. The Morgan fingerprint density at radius 1 is 1.50 bits per heavy atom. The summed E-state index contributed by atoms with van der Waals surface area (Å²) in [7, 11) is 0. The molecule has 0 unspecified atom stereocenters. The molecule has 3 N–H and O–H groups in total. The maximum absolute atomic E-state index is 11.7. The molecule has 0 atom stereocenters. The van der Waals surface area contributed by atoms with Gasteiger partial charge in [0.15, 0.2) is 11.6 Å². The Bertz CT molecular complexity index is 532. The number of furan rings is 1. The zero-order chi connectivity index (χ0) is 13.0. The summed E-state index contributed by atoms with van der Waals surface area (Å²) in [4.78, 5) is 15.7. The van der Waals surface area contributed by atoms with E-state index in [1.54, 1.807) is 19.1 Å². The van der Waals surface area contributed by atoms with Crippen molar-refractivity contribution in [1.29, 1.82) is 0 Å². The van der Waals surface area contributed by atoms with E-state index < -0.39 is 0 Å². The first-order chi connectivity index (χ1) is 8.69. The van der Waals surface area contributed by atoms with Gasteiger partial charge < -0.3 is 20.0 Å². The molecule has 2 heterocycles. The summed E-state index contributed by atoms with van der Waals surface area (Å²) in [5.74, 6) is 1.61. The average Bonchev–Trinajstić information content (AvgIpc) is 2.98. The summed E-state index contributed by atoms with van der Waals surface area (Å²) in [6.07, 6.45) is 0.483. The maximum atomic E-state index is 11.7. The average molecular weight is 250 g/mol. The summed E-state index contributed by atoms with van der Waals surface area (Å²) in [5, 5.41) is 6.35. The highest BCUT2D eigenvalue weighted by Gasteiger charge is 2.10. The first-order valence-electron chi connectivity index (χ1n) is 5.55. The van der Waals surface area contributed by atoms with Crippen LogP contribution in [0.5, 0.6) is 0 Å². The van der Waals surface area contributed by atoms with Crippen LogP contribution in [0, 0.1) is 6.92 Å². The molecule has 2 aromatic heterocycles. The number of rotatable bonds is 5. The van der Waals surface area contributed by atoms with Crippen LogP contribution in [0.3, 0.4) is 0 Å². The molecule has 0 aliphatic carbocycles. The monoisotopic (exact) mass is 250 g/mol. The number of hydrogen-bond donors (Lipinski definition) is 2. The molecule has 0 bridgehead atoms. The van der Waals surface area contributed by atoms with E-state index in [1.807, 2.05) is 0 Å². The Morgan fingerprint density at radius 2 is 2.33 bits per heavy atom. The highest BCUT2D eigenvalue weighted by Crippen LogP contribution is 2.06. The Morgan fingerprint density at radius 3 is 2.94 bits per heavy atom. The Labute approximate surface area is 103 Å². The number of carbonyl (C=O) groups excluding carboxylic acids is 1. The van der Waals surface area contributed by atoms with Gasteiger partial charge in [0, 0.05) is 13.0 Å². The first kappa shape index (κ1) is 12.3. The van der Waals surface area contributed by atoms with Gasteiger partial charge in [-0.05, 0) is 19.1 Å². The normalized spacial score (nSPS) is 10.6. The molecule has 2 aromatic rings. The van der Waals surface area contributed by atoms with Gasteiger partial charge in [-0.25, -0.2) is 0 Å². The quantitative estimate of drug-likeness (QED) is 0.795. The van der Waals surface area contributed by atoms with Crippen LogP contribution in [-0.2, 0) is 13.0 Å². The van der Waals surface area contributed by atoms with Gasteiger partial charge >= 0.3 is 0 Å². The van der Waals surface area contributed by atoms with Crippen molar-refractivity contribution in [3.8, 4) is 0 Å². The second-order valence-corrected chi connectivity index (χ2v) is 3.71. The molecule has 2 rings (SSSR count). The predicted octanol–water partition coefficient (Wildman–Crippen LogP) is 0.402.